The van der Waals surface area contributed by atoms with Gasteiger partial charge >= 0.3 is 0 Å². The molecule has 4 aromatic rings. The predicted molar refractivity (Wildman–Crippen MR) is 133 cm³/mol. The zero-order valence-corrected chi connectivity index (χ0v) is 20.2. The maximum Gasteiger partial charge on any atom is 0.233 e. The minimum atomic E-state index is -0.307. The molecule has 1 saturated heterocycles. The van der Waals surface area contributed by atoms with Gasteiger partial charge in [0.2, 0.25) is 5.91 Å². The van der Waals surface area contributed by atoms with Crippen molar-refractivity contribution in [1.29, 1.82) is 0 Å². The second-order valence-electron chi connectivity index (χ2n) is 8.87. The van der Waals surface area contributed by atoms with Crippen molar-refractivity contribution in [2.75, 3.05) is 18.8 Å². The van der Waals surface area contributed by atoms with Crippen molar-refractivity contribution in [3.05, 3.63) is 59.4 Å². The minimum absolute atomic E-state index is 0.105. The fraction of sp³-hybridized carbons (Fsp3) is 0.360. The summed E-state index contributed by atoms with van der Waals surface area (Å²) < 4.78 is 17.6. The van der Waals surface area contributed by atoms with Crippen LogP contribution in [0.5, 0.6) is 0 Å². The van der Waals surface area contributed by atoms with Gasteiger partial charge in [0.1, 0.15) is 5.82 Å². The third kappa shape index (κ3) is 4.22. The van der Waals surface area contributed by atoms with E-state index in [1.807, 2.05) is 27.7 Å². The summed E-state index contributed by atoms with van der Waals surface area (Å²) in [5.74, 6) is 0.925. The Kier molecular flexibility index (Phi) is 5.82. The van der Waals surface area contributed by atoms with Gasteiger partial charge in [-0.3, -0.25) is 9.36 Å². The standard InChI is InChI=1S/C25H24FN5OS2/c26-19-8-2-1-7-18(19)23-28-29-25(31(23)17-11-12-17)33-15-22(32)30-13-5-6-16(14-30)24-27-20-9-3-4-10-21(20)34-24/h1-4,7-10,16-17H,5-6,11-15H2. The Bertz CT molecular complexity index is 1320. The van der Waals surface area contributed by atoms with Gasteiger partial charge in [-0.25, -0.2) is 9.37 Å². The van der Waals surface area contributed by atoms with Crippen LogP contribution in [0.3, 0.4) is 0 Å². The zero-order chi connectivity index (χ0) is 23.1. The normalized spacial score (nSPS) is 18.5. The summed E-state index contributed by atoms with van der Waals surface area (Å²) in [4.78, 5) is 19.9. The molecule has 2 aromatic carbocycles. The Morgan fingerprint density at radius 2 is 1.91 bits per heavy atom. The van der Waals surface area contributed by atoms with E-state index in [2.05, 4.69) is 16.3 Å². The van der Waals surface area contributed by atoms with Crippen LogP contribution in [0, 0.1) is 5.82 Å². The lowest BCUT2D eigenvalue weighted by Crippen LogP contribution is -2.40. The fourth-order valence-corrected chi connectivity index (χ4v) is 6.55. The summed E-state index contributed by atoms with van der Waals surface area (Å²) >= 11 is 3.14. The van der Waals surface area contributed by atoms with E-state index >= 15 is 0 Å². The first-order chi connectivity index (χ1) is 16.7. The van der Waals surface area contributed by atoms with Crippen LogP contribution in [-0.4, -0.2) is 49.4 Å². The highest BCUT2D eigenvalue weighted by atomic mass is 32.2. The highest BCUT2D eigenvalue weighted by molar-refractivity contribution is 7.99. The first-order valence-electron chi connectivity index (χ1n) is 11.6. The summed E-state index contributed by atoms with van der Waals surface area (Å²) in [5, 5.41) is 10.4. The number of aromatic nitrogens is 4. The van der Waals surface area contributed by atoms with E-state index in [9.17, 15) is 9.18 Å². The average molecular weight is 494 g/mol. The van der Waals surface area contributed by atoms with E-state index in [0.717, 1.165) is 42.8 Å². The summed E-state index contributed by atoms with van der Waals surface area (Å²) in [7, 11) is 0. The van der Waals surface area contributed by atoms with Crippen LogP contribution in [0.25, 0.3) is 21.6 Å². The second-order valence-corrected chi connectivity index (χ2v) is 10.9. The molecule has 6 nitrogen and oxygen atoms in total. The van der Waals surface area contributed by atoms with Crippen LogP contribution >= 0.6 is 23.1 Å². The van der Waals surface area contributed by atoms with Crippen molar-refractivity contribution in [2.45, 2.75) is 42.8 Å². The van der Waals surface area contributed by atoms with Gasteiger partial charge in [0.15, 0.2) is 11.0 Å². The molecule has 1 aliphatic heterocycles. The molecule has 1 unspecified atom stereocenters. The number of likely N-dealkylation sites (tertiary alicyclic amines) is 1. The number of carbonyl (C=O) groups excluding carboxylic acids is 1. The molecule has 6 rings (SSSR count). The smallest absolute Gasteiger partial charge is 0.233 e. The Hall–Kier alpha value is -2.78. The monoisotopic (exact) mass is 493 g/mol. The molecule has 1 saturated carbocycles. The Labute approximate surface area is 205 Å². The van der Waals surface area contributed by atoms with Crippen molar-refractivity contribution >= 4 is 39.2 Å². The number of nitrogens with zero attached hydrogens (tertiary/aromatic N) is 5. The van der Waals surface area contributed by atoms with Crippen molar-refractivity contribution < 1.29 is 9.18 Å². The Balaban J connectivity index is 1.15. The molecule has 0 spiro atoms. The predicted octanol–water partition coefficient (Wildman–Crippen LogP) is 5.53. The zero-order valence-electron chi connectivity index (χ0n) is 18.6. The maximum absolute atomic E-state index is 14.4. The second kappa shape index (κ2) is 9.11. The van der Waals surface area contributed by atoms with E-state index in [1.54, 1.807) is 29.5 Å². The van der Waals surface area contributed by atoms with E-state index in [1.165, 1.54) is 22.5 Å². The summed E-state index contributed by atoms with van der Waals surface area (Å²) in [6, 6.07) is 15.1. The third-order valence-corrected chi connectivity index (χ3v) is 8.58. The molecule has 0 radical (unpaired) electrons. The number of para-hydroxylation sites is 1. The number of carbonyl (C=O) groups is 1. The molecule has 2 aromatic heterocycles. The SMILES string of the molecule is O=C(CSc1nnc(-c2ccccc2F)n1C1CC1)N1CCCC(c2nc3ccccc3s2)C1. The Morgan fingerprint density at radius 3 is 2.74 bits per heavy atom. The summed E-state index contributed by atoms with van der Waals surface area (Å²) in [6.45, 7) is 1.48. The average Bonchev–Trinajstić information content (AvgIpc) is 3.46. The van der Waals surface area contributed by atoms with Crippen molar-refractivity contribution in [1.82, 2.24) is 24.6 Å². The first kappa shape index (κ1) is 21.7. The summed E-state index contributed by atoms with van der Waals surface area (Å²) in [5.41, 5.74) is 1.49. The molecular formula is C25H24FN5OS2. The van der Waals surface area contributed by atoms with E-state index in [-0.39, 0.29) is 23.7 Å². The van der Waals surface area contributed by atoms with Gasteiger partial charge < -0.3 is 4.90 Å². The largest absolute Gasteiger partial charge is 0.341 e. The number of amides is 1. The van der Waals surface area contributed by atoms with Crippen LogP contribution in [-0.2, 0) is 4.79 Å². The van der Waals surface area contributed by atoms with Crippen molar-refractivity contribution in [3.63, 3.8) is 0 Å². The van der Waals surface area contributed by atoms with Crippen molar-refractivity contribution in [2.24, 2.45) is 0 Å². The highest BCUT2D eigenvalue weighted by Crippen LogP contribution is 2.41. The number of hydrogen-bond acceptors (Lipinski definition) is 6. The molecule has 9 heteroatoms. The van der Waals surface area contributed by atoms with Gasteiger partial charge in [-0.15, -0.1) is 21.5 Å². The molecule has 34 heavy (non-hydrogen) atoms. The van der Waals surface area contributed by atoms with Crippen LogP contribution in [0.1, 0.15) is 42.7 Å². The third-order valence-electron chi connectivity index (χ3n) is 6.45. The number of thiazole rings is 1. The van der Waals surface area contributed by atoms with Gasteiger partial charge in [-0.1, -0.05) is 36.0 Å². The lowest BCUT2D eigenvalue weighted by atomic mass is 9.99. The molecule has 1 aliphatic carbocycles. The number of halogens is 1. The molecule has 1 amide bonds. The molecule has 174 valence electrons. The molecule has 3 heterocycles. The van der Waals surface area contributed by atoms with Gasteiger partial charge in [-0.2, -0.15) is 0 Å². The number of hydrogen-bond donors (Lipinski definition) is 0. The van der Waals surface area contributed by atoms with Gasteiger partial charge in [0.05, 0.1) is 26.5 Å². The molecule has 0 bridgehead atoms. The van der Waals surface area contributed by atoms with Crippen LogP contribution in [0.2, 0.25) is 0 Å². The lowest BCUT2D eigenvalue weighted by Gasteiger charge is -2.31. The number of piperidine rings is 1. The number of benzene rings is 2. The molecule has 0 N–H and O–H groups in total. The van der Waals surface area contributed by atoms with Crippen molar-refractivity contribution in [3.8, 4) is 11.4 Å². The highest BCUT2D eigenvalue weighted by Gasteiger charge is 2.32. The molecule has 1 atom stereocenters. The number of rotatable bonds is 6. The quantitative estimate of drug-likeness (QED) is 0.331. The van der Waals surface area contributed by atoms with Gasteiger partial charge in [0.25, 0.3) is 0 Å². The number of thioether (sulfide) groups is 1. The maximum atomic E-state index is 14.4. The van der Waals surface area contributed by atoms with E-state index < -0.39 is 0 Å². The lowest BCUT2D eigenvalue weighted by molar-refractivity contribution is -0.129. The fourth-order valence-electron chi connectivity index (χ4n) is 4.55. The van der Waals surface area contributed by atoms with Crippen LogP contribution < -0.4 is 0 Å². The van der Waals surface area contributed by atoms with Gasteiger partial charge in [0, 0.05) is 25.0 Å². The summed E-state index contributed by atoms with van der Waals surface area (Å²) in [6.07, 6.45) is 4.08. The molecule has 2 aliphatic rings. The Morgan fingerprint density at radius 1 is 1.09 bits per heavy atom. The minimum Gasteiger partial charge on any atom is -0.341 e. The van der Waals surface area contributed by atoms with Crippen LogP contribution in [0.15, 0.2) is 53.7 Å². The topological polar surface area (TPSA) is 63.9 Å². The van der Waals surface area contributed by atoms with E-state index in [4.69, 9.17) is 4.98 Å². The van der Waals surface area contributed by atoms with Crippen LogP contribution in [0.4, 0.5) is 4.39 Å². The van der Waals surface area contributed by atoms with Gasteiger partial charge in [-0.05, 0) is 49.9 Å². The first-order valence-corrected chi connectivity index (χ1v) is 13.4. The molecule has 2 fully saturated rings. The van der Waals surface area contributed by atoms with E-state index in [0.29, 0.717) is 28.8 Å². The molecular weight excluding hydrogens is 469 g/mol. The number of fused-ring (bicyclic) bond motifs is 1.